The number of rotatable bonds is 5. The van der Waals surface area contributed by atoms with E-state index in [9.17, 15) is 18.0 Å². The molecule has 4 rings (SSSR count). The Kier molecular flexibility index (Phi) is 5.02. The molecule has 1 aliphatic heterocycles. The lowest BCUT2D eigenvalue weighted by Crippen LogP contribution is -2.53. The van der Waals surface area contributed by atoms with Crippen LogP contribution >= 0.6 is 0 Å². The molecule has 162 valence electrons. The van der Waals surface area contributed by atoms with Gasteiger partial charge in [0.05, 0.1) is 23.8 Å². The van der Waals surface area contributed by atoms with E-state index in [4.69, 9.17) is 4.74 Å². The van der Waals surface area contributed by atoms with E-state index in [1.165, 1.54) is 7.11 Å². The Labute approximate surface area is 170 Å². The summed E-state index contributed by atoms with van der Waals surface area (Å²) in [5, 5.41) is 16.9. The van der Waals surface area contributed by atoms with Crippen molar-refractivity contribution in [3.8, 4) is 5.75 Å². The van der Waals surface area contributed by atoms with Crippen LogP contribution in [0, 0.1) is 5.92 Å². The highest BCUT2D eigenvalue weighted by atomic mass is 19.4. The molecule has 0 radical (unpaired) electrons. The Morgan fingerprint density at radius 3 is 2.73 bits per heavy atom. The molecule has 3 heterocycles. The quantitative estimate of drug-likeness (QED) is 0.750. The molecule has 0 spiro atoms. The second-order valence-electron chi connectivity index (χ2n) is 8.00. The van der Waals surface area contributed by atoms with Gasteiger partial charge < -0.3 is 15.0 Å². The van der Waals surface area contributed by atoms with Crippen LogP contribution < -0.4 is 15.0 Å². The van der Waals surface area contributed by atoms with E-state index in [2.05, 4.69) is 37.8 Å². The summed E-state index contributed by atoms with van der Waals surface area (Å²) in [6.07, 6.45) is -1.99. The molecule has 2 aromatic heterocycles. The molecule has 1 aliphatic carbocycles. The summed E-state index contributed by atoms with van der Waals surface area (Å²) in [6.45, 7) is 3.35. The Morgan fingerprint density at radius 2 is 2.13 bits per heavy atom. The van der Waals surface area contributed by atoms with Crippen molar-refractivity contribution in [1.29, 1.82) is 0 Å². The maximum absolute atomic E-state index is 13.2. The number of nitrogens with zero attached hydrogens (tertiary/aromatic N) is 5. The Hall–Kier alpha value is -2.92. The van der Waals surface area contributed by atoms with E-state index >= 15 is 0 Å². The summed E-state index contributed by atoms with van der Waals surface area (Å²) >= 11 is 0. The molecule has 2 aromatic rings. The number of hydrogen-bond acceptors (Lipinski definition) is 7. The van der Waals surface area contributed by atoms with Gasteiger partial charge >= 0.3 is 6.18 Å². The SMILES string of the molecule is COc1cc(C(F)(F)F)cnc1C1(C(=O)N[C@@H]2C[C@H](C)CN(c3nnn[nH]3)C2)CC1. The number of ether oxygens (including phenoxy) is 1. The predicted octanol–water partition coefficient (Wildman–Crippen LogP) is 1.68. The Bertz CT molecular complexity index is 915. The highest BCUT2D eigenvalue weighted by Gasteiger charge is 2.55. The number of H-pyrrole nitrogens is 1. The summed E-state index contributed by atoms with van der Waals surface area (Å²) in [5.41, 5.74) is -1.62. The molecular weight excluding hydrogens is 403 g/mol. The average molecular weight is 425 g/mol. The number of amides is 1. The number of hydrogen-bond donors (Lipinski definition) is 2. The minimum Gasteiger partial charge on any atom is -0.495 e. The van der Waals surface area contributed by atoms with E-state index < -0.39 is 17.2 Å². The van der Waals surface area contributed by atoms with Crippen molar-refractivity contribution < 1.29 is 22.7 Å². The maximum Gasteiger partial charge on any atom is 0.418 e. The lowest BCUT2D eigenvalue weighted by atomic mass is 9.94. The fourth-order valence-corrected chi connectivity index (χ4v) is 4.05. The highest BCUT2D eigenvalue weighted by Crippen LogP contribution is 2.51. The van der Waals surface area contributed by atoms with Gasteiger partial charge in [0.2, 0.25) is 11.9 Å². The second kappa shape index (κ2) is 7.40. The number of piperidine rings is 1. The molecule has 30 heavy (non-hydrogen) atoms. The van der Waals surface area contributed by atoms with Gasteiger partial charge in [-0.05, 0) is 41.7 Å². The molecule has 0 bridgehead atoms. The van der Waals surface area contributed by atoms with Crippen molar-refractivity contribution in [2.75, 3.05) is 25.1 Å². The molecule has 2 aliphatic rings. The molecule has 1 saturated heterocycles. The van der Waals surface area contributed by atoms with Gasteiger partial charge in [-0.2, -0.15) is 13.2 Å². The first-order chi connectivity index (χ1) is 14.2. The lowest BCUT2D eigenvalue weighted by Gasteiger charge is -2.36. The van der Waals surface area contributed by atoms with Crippen LogP contribution in [0.25, 0.3) is 0 Å². The largest absolute Gasteiger partial charge is 0.495 e. The lowest BCUT2D eigenvalue weighted by molar-refractivity contribution is -0.138. The molecule has 1 saturated carbocycles. The third-order valence-electron chi connectivity index (χ3n) is 5.67. The first-order valence-electron chi connectivity index (χ1n) is 9.64. The van der Waals surface area contributed by atoms with Gasteiger partial charge in [-0.1, -0.05) is 12.0 Å². The zero-order chi connectivity index (χ0) is 21.5. The van der Waals surface area contributed by atoms with Crippen LogP contribution in [0.15, 0.2) is 12.3 Å². The van der Waals surface area contributed by atoms with Crippen LogP contribution in [-0.4, -0.2) is 57.8 Å². The van der Waals surface area contributed by atoms with Crippen LogP contribution in [0.1, 0.15) is 37.4 Å². The standard InChI is InChI=1S/C18H22F3N7O2/c1-10-5-12(9-28(8-10)16-24-26-27-25-16)23-15(29)17(3-4-17)14-13(30-2)6-11(7-22-14)18(19,20)21/h6-7,10,12H,3-5,8-9H2,1-2H3,(H,23,29)(H,24,25,26,27)/t10-,12+/m0/s1. The number of aromatic nitrogens is 5. The molecule has 2 fully saturated rings. The van der Waals surface area contributed by atoms with Gasteiger partial charge in [0, 0.05) is 25.3 Å². The van der Waals surface area contributed by atoms with Crippen molar-refractivity contribution in [2.24, 2.45) is 5.92 Å². The number of carbonyl (C=O) groups is 1. The van der Waals surface area contributed by atoms with Crippen LogP contribution in [0.4, 0.5) is 19.1 Å². The van der Waals surface area contributed by atoms with E-state index in [0.717, 1.165) is 25.2 Å². The van der Waals surface area contributed by atoms with Gasteiger partial charge in [-0.25, -0.2) is 5.10 Å². The van der Waals surface area contributed by atoms with Crippen molar-refractivity contribution in [1.82, 2.24) is 30.9 Å². The molecule has 0 unspecified atom stereocenters. The van der Waals surface area contributed by atoms with Crippen LogP contribution in [0.3, 0.4) is 0 Å². The first-order valence-corrected chi connectivity index (χ1v) is 9.64. The van der Waals surface area contributed by atoms with Crippen molar-refractivity contribution in [3.05, 3.63) is 23.5 Å². The number of halogens is 3. The van der Waals surface area contributed by atoms with E-state index in [-0.39, 0.29) is 23.4 Å². The summed E-state index contributed by atoms with van der Waals surface area (Å²) < 4.78 is 44.2. The number of aromatic amines is 1. The molecule has 0 aromatic carbocycles. The number of carbonyl (C=O) groups excluding carboxylic acids is 1. The number of pyridine rings is 1. The van der Waals surface area contributed by atoms with Gasteiger partial charge in [0.25, 0.3) is 0 Å². The van der Waals surface area contributed by atoms with Gasteiger partial charge in [0.1, 0.15) is 5.75 Å². The minimum atomic E-state index is -4.53. The monoisotopic (exact) mass is 425 g/mol. The van der Waals surface area contributed by atoms with Crippen LogP contribution in [0.5, 0.6) is 5.75 Å². The van der Waals surface area contributed by atoms with Gasteiger partial charge in [0.15, 0.2) is 0 Å². The molecule has 2 N–H and O–H groups in total. The fraction of sp³-hybridized carbons (Fsp3) is 0.611. The third-order valence-corrected chi connectivity index (χ3v) is 5.67. The normalized spacial score (nSPS) is 23.2. The number of tetrazole rings is 1. The van der Waals surface area contributed by atoms with Crippen molar-refractivity contribution in [3.63, 3.8) is 0 Å². The fourth-order valence-electron chi connectivity index (χ4n) is 4.05. The zero-order valence-corrected chi connectivity index (χ0v) is 16.5. The maximum atomic E-state index is 13.2. The molecule has 9 nitrogen and oxygen atoms in total. The van der Waals surface area contributed by atoms with E-state index in [1.807, 2.05) is 4.90 Å². The highest BCUT2D eigenvalue weighted by molar-refractivity contribution is 5.91. The summed E-state index contributed by atoms with van der Waals surface area (Å²) in [5.74, 6) is 0.558. The average Bonchev–Trinajstić information content (AvgIpc) is 3.32. The smallest absolute Gasteiger partial charge is 0.418 e. The minimum absolute atomic E-state index is 0.0242. The topological polar surface area (TPSA) is 109 Å². The van der Waals surface area contributed by atoms with Gasteiger partial charge in [-0.15, -0.1) is 0 Å². The predicted molar refractivity (Wildman–Crippen MR) is 98.8 cm³/mol. The van der Waals surface area contributed by atoms with Crippen molar-refractivity contribution in [2.45, 2.75) is 43.8 Å². The first kappa shape index (κ1) is 20.4. The third kappa shape index (κ3) is 3.77. The van der Waals surface area contributed by atoms with Crippen molar-refractivity contribution >= 4 is 11.9 Å². The molecule has 12 heteroatoms. The van der Waals surface area contributed by atoms with Crippen LogP contribution in [-0.2, 0) is 16.4 Å². The van der Waals surface area contributed by atoms with E-state index in [1.54, 1.807) is 0 Å². The molecule has 1 amide bonds. The summed E-state index contributed by atoms with van der Waals surface area (Å²) in [6, 6.07) is 0.751. The summed E-state index contributed by atoms with van der Waals surface area (Å²) in [7, 11) is 1.28. The van der Waals surface area contributed by atoms with Crippen LogP contribution in [0.2, 0.25) is 0 Å². The summed E-state index contributed by atoms with van der Waals surface area (Å²) in [4.78, 5) is 19.1. The Morgan fingerprint density at radius 1 is 1.37 bits per heavy atom. The Balaban J connectivity index is 1.52. The second-order valence-corrected chi connectivity index (χ2v) is 8.00. The number of alkyl halides is 3. The number of anilines is 1. The number of nitrogens with one attached hydrogen (secondary N) is 2. The van der Waals surface area contributed by atoms with Gasteiger partial charge in [-0.3, -0.25) is 9.78 Å². The molecular formula is C18H22F3N7O2. The molecule has 2 atom stereocenters. The zero-order valence-electron chi connectivity index (χ0n) is 16.5. The number of methoxy groups -OCH3 is 1. The van der Waals surface area contributed by atoms with E-state index in [0.29, 0.717) is 31.3 Å².